The van der Waals surface area contributed by atoms with Crippen LogP contribution in [0.15, 0.2) is 42.2 Å². The summed E-state index contributed by atoms with van der Waals surface area (Å²) in [5, 5.41) is 0. The van der Waals surface area contributed by atoms with Crippen molar-refractivity contribution in [2.24, 2.45) is 0 Å². The van der Waals surface area contributed by atoms with E-state index in [-0.39, 0.29) is 16.6 Å². The van der Waals surface area contributed by atoms with Gasteiger partial charge in [-0.3, -0.25) is 0 Å². The van der Waals surface area contributed by atoms with Crippen LogP contribution >= 0.6 is 63.7 Å². The number of halogens is 6. The second-order valence-corrected chi connectivity index (χ2v) is 7.29. The molecule has 0 aliphatic heterocycles. The van der Waals surface area contributed by atoms with Gasteiger partial charge in [0.25, 0.3) is 0 Å². The highest BCUT2D eigenvalue weighted by Crippen LogP contribution is 2.37. The van der Waals surface area contributed by atoms with Crippen LogP contribution in [0.2, 0.25) is 0 Å². The van der Waals surface area contributed by atoms with Crippen molar-refractivity contribution in [3.8, 4) is 5.75 Å². The molecule has 2 rings (SSSR count). The van der Waals surface area contributed by atoms with Crippen molar-refractivity contribution in [3.05, 3.63) is 59.4 Å². The molecule has 20 heavy (non-hydrogen) atoms. The van der Waals surface area contributed by atoms with E-state index in [0.717, 1.165) is 4.47 Å². The van der Waals surface area contributed by atoms with Gasteiger partial charge in [0, 0.05) is 4.47 Å². The normalized spacial score (nSPS) is 10.7. The molecule has 0 heterocycles. The largest absolute Gasteiger partial charge is 0.486 e. The van der Waals surface area contributed by atoms with Gasteiger partial charge in [-0.05, 0) is 72.1 Å². The third-order valence-corrected chi connectivity index (χ3v) is 4.71. The van der Waals surface area contributed by atoms with Crippen molar-refractivity contribution >= 4 is 63.7 Å². The second kappa shape index (κ2) is 6.85. The molecule has 0 aromatic heterocycles. The van der Waals surface area contributed by atoms with Gasteiger partial charge in [0.05, 0.1) is 19.0 Å². The first-order valence-electron chi connectivity index (χ1n) is 5.30. The molecular formula is C13H6Br4F2O. The quantitative estimate of drug-likeness (QED) is 0.403. The lowest BCUT2D eigenvalue weighted by Gasteiger charge is -2.12. The first-order chi connectivity index (χ1) is 9.40. The summed E-state index contributed by atoms with van der Waals surface area (Å²) in [4.78, 5) is 0. The smallest absolute Gasteiger partial charge is 0.148 e. The maximum absolute atomic E-state index is 13.8. The highest BCUT2D eigenvalue weighted by Gasteiger charge is 2.15. The maximum atomic E-state index is 13.8. The van der Waals surface area contributed by atoms with Crippen LogP contribution in [-0.4, -0.2) is 0 Å². The first-order valence-corrected chi connectivity index (χ1v) is 8.47. The van der Waals surface area contributed by atoms with E-state index in [1.165, 1.54) is 12.1 Å². The van der Waals surface area contributed by atoms with Crippen LogP contribution in [0.5, 0.6) is 5.75 Å². The predicted molar refractivity (Wildman–Crippen MR) is 87.9 cm³/mol. The standard InChI is InChI=1S/C13H6Br4F2O/c14-6-3-9(16)13(10(17)4-6)20-5-7-11(18)2-1-8(15)12(7)19/h1-4H,5H2. The fourth-order valence-corrected chi connectivity index (χ4v) is 4.37. The Morgan fingerprint density at radius 1 is 0.900 bits per heavy atom. The van der Waals surface area contributed by atoms with E-state index in [1.807, 2.05) is 0 Å². The van der Waals surface area contributed by atoms with Crippen molar-refractivity contribution in [2.45, 2.75) is 6.61 Å². The molecule has 0 saturated carbocycles. The summed E-state index contributed by atoms with van der Waals surface area (Å²) in [6.07, 6.45) is 0. The highest BCUT2D eigenvalue weighted by molar-refractivity contribution is 9.11. The van der Waals surface area contributed by atoms with Crippen molar-refractivity contribution in [3.63, 3.8) is 0 Å². The lowest BCUT2D eigenvalue weighted by Crippen LogP contribution is -2.03. The first kappa shape index (κ1) is 16.4. The molecule has 0 bridgehead atoms. The molecule has 0 amide bonds. The predicted octanol–water partition coefficient (Wildman–Crippen LogP) is 6.59. The van der Waals surface area contributed by atoms with Crippen LogP contribution in [0, 0.1) is 11.6 Å². The van der Waals surface area contributed by atoms with E-state index >= 15 is 0 Å². The summed E-state index contributed by atoms with van der Waals surface area (Å²) in [5.41, 5.74) is -0.124. The van der Waals surface area contributed by atoms with E-state index in [0.29, 0.717) is 14.7 Å². The van der Waals surface area contributed by atoms with Crippen LogP contribution in [-0.2, 0) is 6.61 Å². The Hall–Kier alpha value is 0.0200. The van der Waals surface area contributed by atoms with Gasteiger partial charge in [-0.25, -0.2) is 8.78 Å². The maximum Gasteiger partial charge on any atom is 0.148 e. The Labute approximate surface area is 148 Å². The molecule has 0 spiro atoms. The summed E-state index contributed by atoms with van der Waals surface area (Å²) >= 11 is 13.0. The summed E-state index contributed by atoms with van der Waals surface area (Å²) in [6, 6.07) is 6.08. The molecule has 0 aliphatic carbocycles. The lowest BCUT2D eigenvalue weighted by molar-refractivity contribution is 0.288. The minimum Gasteiger partial charge on any atom is -0.486 e. The van der Waals surface area contributed by atoms with Gasteiger partial charge in [-0.1, -0.05) is 15.9 Å². The monoisotopic (exact) mass is 532 g/mol. The van der Waals surface area contributed by atoms with Gasteiger partial charge < -0.3 is 4.74 Å². The summed E-state index contributed by atoms with van der Waals surface area (Å²) < 4.78 is 35.4. The zero-order valence-corrected chi connectivity index (χ0v) is 16.0. The van der Waals surface area contributed by atoms with Gasteiger partial charge in [-0.15, -0.1) is 0 Å². The average molecular weight is 536 g/mol. The van der Waals surface area contributed by atoms with Crippen molar-refractivity contribution in [1.82, 2.24) is 0 Å². The lowest BCUT2D eigenvalue weighted by atomic mass is 10.2. The summed E-state index contributed by atoms with van der Waals surface area (Å²) in [5.74, 6) is -0.823. The summed E-state index contributed by atoms with van der Waals surface area (Å²) in [7, 11) is 0. The minimum absolute atomic E-state index is 0.124. The molecule has 2 aromatic rings. The van der Waals surface area contributed by atoms with Crippen LogP contribution in [0.1, 0.15) is 5.56 Å². The molecule has 0 radical (unpaired) electrons. The van der Waals surface area contributed by atoms with Crippen LogP contribution < -0.4 is 4.74 Å². The van der Waals surface area contributed by atoms with Crippen molar-refractivity contribution in [1.29, 1.82) is 0 Å². The summed E-state index contributed by atoms with van der Waals surface area (Å²) in [6.45, 7) is -0.212. The fourth-order valence-electron chi connectivity index (χ4n) is 1.51. The zero-order valence-electron chi connectivity index (χ0n) is 9.69. The van der Waals surface area contributed by atoms with E-state index in [1.54, 1.807) is 12.1 Å². The van der Waals surface area contributed by atoms with E-state index in [4.69, 9.17) is 4.74 Å². The number of benzene rings is 2. The molecule has 0 saturated heterocycles. The minimum atomic E-state index is -0.658. The number of ether oxygens (including phenoxy) is 1. The number of hydrogen-bond donors (Lipinski definition) is 0. The Balaban J connectivity index is 2.28. The number of hydrogen-bond acceptors (Lipinski definition) is 1. The Kier molecular flexibility index (Phi) is 5.62. The van der Waals surface area contributed by atoms with E-state index < -0.39 is 11.6 Å². The highest BCUT2D eigenvalue weighted by atomic mass is 79.9. The molecule has 1 nitrogen and oxygen atoms in total. The van der Waals surface area contributed by atoms with Gasteiger partial charge in [0.15, 0.2) is 0 Å². The van der Waals surface area contributed by atoms with Crippen LogP contribution in [0.25, 0.3) is 0 Å². The molecular weight excluding hydrogens is 530 g/mol. The van der Waals surface area contributed by atoms with Gasteiger partial charge in [-0.2, -0.15) is 0 Å². The van der Waals surface area contributed by atoms with Gasteiger partial charge in [0.2, 0.25) is 0 Å². The second-order valence-electron chi connectivity index (χ2n) is 3.81. The van der Waals surface area contributed by atoms with Gasteiger partial charge in [0.1, 0.15) is 24.0 Å². The van der Waals surface area contributed by atoms with Crippen molar-refractivity contribution in [2.75, 3.05) is 0 Å². The SMILES string of the molecule is Fc1ccc(Br)c(F)c1COc1c(Br)cc(Br)cc1Br. The third-order valence-electron chi connectivity index (χ3n) is 2.46. The third kappa shape index (κ3) is 3.61. The molecule has 2 aromatic carbocycles. The molecule has 0 N–H and O–H groups in total. The molecule has 0 aliphatic rings. The van der Waals surface area contributed by atoms with E-state index in [9.17, 15) is 8.78 Å². The molecule has 0 unspecified atom stereocenters. The Morgan fingerprint density at radius 3 is 2.10 bits per heavy atom. The zero-order chi connectivity index (χ0) is 14.9. The van der Waals surface area contributed by atoms with Crippen LogP contribution in [0.4, 0.5) is 8.78 Å². The Morgan fingerprint density at radius 2 is 1.50 bits per heavy atom. The molecule has 7 heteroatoms. The topological polar surface area (TPSA) is 9.23 Å². The average Bonchev–Trinajstić information content (AvgIpc) is 2.36. The fraction of sp³-hybridized carbons (Fsp3) is 0.0769. The Bertz CT molecular complexity index is 638. The molecule has 0 atom stereocenters. The van der Waals surface area contributed by atoms with Crippen LogP contribution in [0.3, 0.4) is 0 Å². The van der Waals surface area contributed by atoms with Gasteiger partial charge >= 0.3 is 0 Å². The van der Waals surface area contributed by atoms with E-state index in [2.05, 4.69) is 63.7 Å². The number of rotatable bonds is 3. The molecule has 106 valence electrons. The molecule has 0 fully saturated rings. The van der Waals surface area contributed by atoms with Crippen molar-refractivity contribution < 1.29 is 13.5 Å².